The van der Waals surface area contributed by atoms with E-state index in [1.165, 1.54) is 32.1 Å². The number of rotatable bonds is 3. The summed E-state index contributed by atoms with van der Waals surface area (Å²) < 4.78 is 5.95. The molecule has 1 saturated carbocycles. The van der Waals surface area contributed by atoms with Gasteiger partial charge in [-0.3, -0.25) is 0 Å². The van der Waals surface area contributed by atoms with Crippen molar-refractivity contribution in [2.75, 3.05) is 0 Å². The molecule has 1 atom stereocenters. The summed E-state index contributed by atoms with van der Waals surface area (Å²) in [5, 5.41) is 0. The molecule has 2 N–H and O–H groups in total. The summed E-state index contributed by atoms with van der Waals surface area (Å²) in [6, 6.07) is 8.29. The highest BCUT2D eigenvalue weighted by molar-refractivity contribution is 5.28. The van der Waals surface area contributed by atoms with Crippen LogP contribution in [0.1, 0.15) is 50.6 Å². The largest absolute Gasteiger partial charge is 0.490 e. The Kier molecular flexibility index (Phi) is 3.83. The third-order valence-electron chi connectivity index (χ3n) is 3.26. The van der Waals surface area contributed by atoms with E-state index in [0.717, 1.165) is 11.3 Å². The van der Waals surface area contributed by atoms with Crippen LogP contribution in [0.15, 0.2) is 24.3 Å². The van der Waals surface area contributed by atoms with Crippen LogP contribution < -0.4 is 10.5 Å². The van der Waals surface area contributed by atoms with Crippen LogP contribution in [0.4, 0.5) is 0 Å². The average molecular weight is 219 g/mol. The Morgan fingerprint density at radius 2 is 1.75 bits per heavy atom. The predicted octanol–water partition coefficient (Wildman–Crippen LogP) is 3.42. The molecule has 1 aliphatic carbocycles. The first-order chi connectivity index (χ1) is 7.75. The molecule has 0 amide bonds. The molecular weight excluding hydrogens is 198 g/mol. The van der Waals surface area contributed by atoms with Crippen molar-refractivity contribution in [1.29, 1.82) is 0 Å². The SMILES string of the molecule is CC(N)c1ccc(OC2CCCCC2)cc1. The van der Waals surface area contributed by atoms with Crippen molar-refractivity contribution in [3.63, 3.8) is 0 Å². The van der Waals surface area contributed by atoms with E-state index in [1.807, 2.05) is 19.1 Å². The second-order valence-corrected chi connectivity index (χ2v) is 4.74. The summed E-state index contributed by atoms with van der Waals surface area (Å²) in [6.45, 7) is 2.00. The molecule has 0 spiro atoms. The molecule has 0 aliphatic heterocycles. The topological polar surface area (TPSA) is 35.2 Å². The maximum atomic E-state index is 5.95. The van der Waals surface area contributed by atoms with Crippen LogP contribution in [-0.4, -0.2) is 6.10 Å². The van der Waals surface area contributed by atoms with Gasteiger partial charge in [0.15, 0.2) is 0 Å². The highest BCUT2D eigenvalue weighted by Crippen LogP contribution is 2.24. The molecule has 88 valence electrons. The van der Waals surface area contributed by atoms with Gasteiger partial charge in [-0.05, 0) is 50.3 Å². The Morgan fingerprint density at radius 1 is 1.12 bits per heavy atom. The quantitative estimate of drug-likeness (QED) is 0.845. The minimum absolute atomic E-state index is 0.101. The van der Waals surface area contributed by atoms with E-state index in [1.54, 1.807) is 0 Å². The van der Waals surface area contributed by atoms with Crippen LogP contribution in [0.5, 0.6) is 5.75 Å². The minimum Gasteiger partial charge on any atom is -0.490 e. The molecule has 0 radical (unpaired) electrons. The van der Waals surface area contributed by atoms with E-state index < -0.39 is 0 Å². The van der Waals surface area contributed by atoms with Gasteiger partial charge in [0.05, 0.1) is 6.10 Å². The van der Waals surface area contributed by atoms with Crippen molar-refractivity contribution in [2.45, 2.75) is 51.2 Å². The van der Waals surface area contributed by atoms with Gasteiger partial charge in [0, 0.05) is 6.04 Å². The molecule has 1 aromatic carbocycles. The fourth-order valence-corrected chi connectivity index (χ4v) is 2.23. The second kappa shape index (κ2) is 5.35. The lowest BCUT2D eigenvalue weighted by Gasteiger charge is -2.23. The minimum atomic E-state index is 0.101. The summed E-state index contributed by atoms with van der Waals surface area (Å²) in [7, 11) is 0. The summed E-state index contributed by atoms with van der Waals surface area (Å²) in [5.41, 5.74) is 6.97. The van der Waals surface area contributed by atoms with E-state index in [-0.39, 0.29) is 6.04 Å². The number of ether oxygens (including phenoxy) is 1. The van der Waals surface area contributed by atoms with Crippen LogP contribution in [0.3, 0.4) is 0 Å². The van der Waals surface area contributed by atoms with Gasteiger partial charge in [0.25, 0.3) is 0 Å². The van der Waals surface area contributed by atoms with Crippen molar-refractivity contribution in [2.24, 2.45) is 5.73 Å². The van der Waals surface area contributed by atoms with Gasteiger partial charge in [-0.15, -0.1) is 0 Å². The van der Waals surface area contributed by atoms with Gasteiger partial charge in [-0.1, -0.05) is 18.6 Å². The fraction of sp³-hybridized carbons (Fsp3) is 0.571. The average Bonchev–Trinajstić information content (AvgIpc) is 2.31. The monoisotopic (exact) mass is 219 g/mol. The zero-order valence-electron chi connectivity index (χ0n) is 9.99. The molecular formula is C14H21NO. The van der Waals surface area contributed by atoms with Gasteiger partial charge in [-0.2, -0.15) is 0 Å². The zero-order chi connectivity index (χ0) is 11.4. The first-order valence-corrected chi connectivity index (χ1v) is 6.28. The highest BCUT2D eigenvalue weighted by Gasteiger charge is 2.14. The number of benzene rings is 1. The van der Waals surface area contributed by atoms with Crippen LogP contribution in [0, 0.1) is 0 Å². The first-order valence-electron chi connectivity index (χ1n) is 6.28. The Balaban J connectivity index is 1.93. The Bertz CT molecular complexity index is 312. The zero-order valence-corrected chi connectivity index (χ0v) is 9.99. The van der Waals surface area contributed by atoms with E-state index >= 15 is 0 Å². The summed E-state index contributed by atoms with van der Waals surface area (Å²) in [5.74, 6) is 0.983. The summed E-state index contributed by atoms with van der Waals surface area (Å²) >= 11 is 0. The third-order valence-corrected chi connectivity index (χ3v) is 3.26. The molecule has 0 heterocycles. The normalized spacial score (nSPS) is 19.4. The lowest BCUT2D eigenvalue weighted by atomic mass is 9.98. The molecule has 1 fully saturated rings. The molecule has 2 rings (SSSR count). The lowest BCUT2D eigenvalue weighted by molar-refractivity contribution is 0.155. The molecule has 1 aliphatic rings. The molecule has 0 bridgehead atoms. The number of hydrogen-bond acceptors (Lipinski definition) is 2. The molecule has 2 heteroatoms. The molecule has 1 unspecified atom stereocenters. The Labute approximate surface area is 97.8 Å². The number of hydrogen-bond donors (Lipinski definition) is 1. The van der Waals surface area contributed by atoms with Gasteiger partial charge in [0.1, 0.15) is 5.75 Å². The number of nitrogens with two attached hydrogens (primary N) is 1. The molecule has 0 saturated heterocycles. The van der Waals surface area contributed by atoms with Crippen molar-refractivity contribution >= 4 is 0 Å². The van der Waals surface area contributed by atoms with Crippen molar-refractivity contribution < 1.29 is 4.74 Å². The smallest absolute Gasteiger partial charge is 0.119 e. The van der Waals surface area contributed by atoms with Gasteiger partial charge in [0.2, 0.25) is 0 Å². The standard InChI is InChI=1S/C14H21NO/c1-11(15)12-7-9-14(10-8-12)16-13-5-3-2-4-6-13/h7-11,13H,2-6,15H2,1H3. The van der Waals surface area contributed by atoms with Gasteiger partial charge in [-0.25, -0.2) is 0 Å². The summed E-state index contributed by atoms with van der Waals surface area (Å²) in [6.07, 6.45) is 6.81. The second-order valence-electron chi connectivity index (χ2n) is 4.74. The van der Waals surface area contributed by atoms with Crippen LogP contribution in [0.2, 0.25) is 0 Å². The van der Waals surface area contributed by atoms with Crippen LogP contribution >= 0.6 is 0 Å². The Morgan fingerprint density at radius 3 is 2.31 bits per heavy atom. The maximum Gasteiger partial charge on any atom is 0.119 e. The Hall–Kier alpha value is -1.02. The van der Waals surface area contributed by atoms with Gasteiger partial charge < -0.3 is 10.5 Å². The van der Waals surface area contributed by atoms with E-state index in [4.69, 9.17) is 10.5 Å². The first kappa shape index (κ1) is 11.5. The lowest BCUT2D eigenvalue weighted by Crippen LogP contribution is -2.19. The van der Waals surface area contributed by atoms with Crippen molar-refractivity contribution in [3.05, 3.63) is 29.8 Å². The van der Waals surface area contributed by atoms with Crippen LogP contribution in [0.25, 0.3) is 0 Å². The maximum absolute atomic E-state index is 5.95. The fourth-order valence-electron chi connectivity index (χ4n) is 2.23. The predicted molar refractivity (Wildman–Crippen MR) is 66.5 cm³/mol. The van der Waals surface area contributed by atoms with Crippen molar-refractivity contribution in [3.8, 4) is 5.75 Å². The molecule has 1 aromatic rings. The van der Waals surface area contributed by atoms with Crippen LogP contribution in [-0.2, 0) is 0 Å². The molecule has 2 nitrogen and oxygen atoms in total. The van der Waals surface area contributed by atoms with E-state index in [9.17, 15) is 0 Å². The van der Waals surface area contributed by atoms with Gasteiger partial charge >= 0.3 is 0 Å². The summed E-state index contributed by atoms with van der Waals surface area (Å²) in [4.78, 5) is 0. The van der Waals surface area contributed by atoms with Crippen molar-refractivity contribution in [1.82, 2.24) is 0 Å². The molecule has 16 heavy (non-hydrogen) atoms. The highest BCUT2D eigenvalue weighted by atomic mass is 16.5. The molecule has 0 aromatic heterocycles. The van der Waals surface area contributed by atoms with E-state index in [2.05, 4.69) is 12.1 Å². The van der Waals surface area contributed by atoms with E-state index in [0.29, 0.717) is 6.10 Å². The third kappa shape index (κ3) is 2.99.